The highest BCUT2D eigenvalue weighted by Crippen LogP contribution is 2.24. The first-order chi connectivity index (χ1) is 14.1. The lowest BCUT2D eigenvalue weighted by Gasteiger charge is -2.28. The van der Waals surface area contributed by atoms with Gasteiger partial charge in [0.2, 0.25) is 5.91 Å². The van der Waals surface area contributed by atoms with Crippen LogP contribution in [0.5, 0.6) is 0 Å². The van der Waals surface area contributed by atoms with E-state index in [-0.39, 0.29) is 18.5 Å². The Morgan fingerprint density at radius 3 is 2.45 bits per heavy atom. The molecule has 2 aromatic carbocycles. The summed E-state index contributed by atoms with van der Waals surface area (Å²) in [5, 5.41) is 3.37. The zero-order chi connectivity index (χ0) is 20.2. The Morgan fingerprint density at radius 2 is 1.69 bits per heavy atom. The quantitative estimate of drug-likeness (QED) is 0.668. The number of benzene rings is 2. The molecule has 1 aromatic heterocycles. The van der Waals surface area contributed by atoms with Gasteiger partial charge in [0.25, 0.3) is 5.56 Å². The molecule has 0 spiro atoms. The monoisotopic (exact) mass is 392 g/mol. The molecule has 1 aliphatic rings. The average Bonchev–Trinajstić information content (AvgIpc) is 3.27. The van der Waals surface area contributed by atoms with Gasteiger partial charge in [-0.15, -0.1) is 0 Å². The van der Waals surface area contributed by atoms with Crippen molar-refractivity contribution in [2.45, 2.75) is 25.4 Å². The molecule has 0 radical (unpaired) electrons. The third kappa shape index (κ3) is 4.14. The molecular weight excluding hydrogens is 368 g/mol. The van der Waals surface area contributed by atoms with Crippen molar-refractivity contribution in [1.29, 1.82) is 0 Å². The summed E-state index contributed by atoms with van der Waals surface area (Å²) in [5.74, 6) is -0.260. The Labute approximate surface area is 168 Å². The summed E-state index contributed by atoms with van der Waals surface area (Å²) < 4.78 is 1.31. The van der Waals surface area contributed by atoms with E-state index >= 15 is 0 Å². The number of amides is 1. The maximum absolute atomic E-state index is 12.7. The number of carbonyl (C=O) groups excluding carboxylic acids is 1. The van der Waals surface area contributed by atoms with Crippen molar-refractivity contribution in [3.05, 3.63) is 81.0 Å². The van der Waals surface area contributed by atoms with Crippen LogP contribution in [0.4, 0.5) is 0 Å². The van der Waals surface area contributed by atoms with E-state index in [1.165, 1.54) is 10.1 Å². The van der Waals surface area contributed by atoms with E-state index in [0.29, 0.717) is 17.4 Å². The summed E-state index contributed by atoms with van der Waals surface area (Å²) in [6, 6.07) is 17.0. The predicted molar refractivity (Wildman–Crippen MR) is 112 cm³/mol. The number of carbonyl (C=O) groups is 1. The Morgan fingerprint density at radius 1 is 1.00 bits per heavy atom. The van der Waals surface area contributed by atoms with Crippen molar-refractivity contribution in [2.24, 2.45) is 0 Å². The minimum atomic E-state index is -0.581. The first-order valence-electron chi connectivity index (χ1n) is 9.91. The molecule has 0 saturated carbocycles. The Kier molecular flexibility index (Phi) is 5.57. The molecule has 1 atom stereocenters. The number of H-pyrrole nitrogens is 1. The number of para-hydroxylation sites is 1. The number of nitrogens with zero attached hydrogens (tertiary/aromatic N) is 2. The molecule has 2 N–H and O–H groups in total. The number of aromatic amines is 1. The summed E-state index contributed by atoms with van der Waals surface area (Å²) in [4.78, 5) is 41.6. The van der Waals surface area contributed by atoms with Gasteiger partial charge in [0.15, 0.2) is 0 Å². The minimum Gasteiger partial charge on any atom is -0.353 e. The number of nitrogens with one attached hydrogen (secondary N) is 2. The summed E-state index contributed by atoms with van der Waals surface area (Å²) in [6.07, 6.45) is 2.33. The number of hydrogen-bond donors (Lipinski definition) is 2. The zero-order valence-electron chi connectivity index (χ0n) is 16.1. The molecule has 0 aliphatic carbocycles. The number of fused-ring (bicyclic) bond motifs is 1. The fourth-order valence-electron chi connectivity index (χ4n) is 4.00. The van der Waals surface area contributed by atoms with Gasteiger partial charge in [0, 0.05) is 6.54 Å². The van der Waals surface area contributed by atoms with Gasteiger partial charge in [-0.1, -0.05) is 42.5 Å². The number of likely N-dealkylation sites (tertiary alicyclic amines) is 1. The van der Waals surface area contributed by atoms with Gasteiger partial charge < -0.3 is 5.32 Å². The molecule has 2 heterocycles. The summed E-state index contributed by atoms with van der Waals surface area (Å²) in [6.45, 7) is 2.36. The van der Waals surface area contributed by atoms with Crippen molar-refractivity contribution in [3.63, 3.8) is 0 Å². The fourth-order valence-corrected chi connectivity index (χ4v) is 4.00. The van der Waals surface area contributed by atoms with E-state index in [2.05, 4.69) is 27.3 Å². The molecule has 1 fully saturated rings. The first-order valence-corrected chi connectivity index (χ1v) is 9.91. The molecule has 4 rings (SSSR count). The number of rotatable bonds is 6. The largest absolute Gasteiger partial charge is 0.353 e. The highest BCUT2D eigenvalue weighted by atomic mass is 16.2. The van der Waals surface area contributed by atoms with Crippen LogP contribution < -0.4 is 16.6 Å². The normalized spacial score (nSPS) is 15.4. The van der Waals surface area contributed by atoms with Crippen LogP contribution in [0.2, 0.25) is 0 Å². The van der Waals surface area contributed by atoms with Crippen LogP contribution in [-0.4, -0.2) is 40.0 Å². The molecule has 3 aromatic rings. The van der Waals surface area contributed by atoms with Crippen LogP contribution in [0.1, 0.15) is 24.4 Å². The van der Waals surface area contributed by atoms with Crippen LogP contribution in [0, 0.1) is 0 Å². The minimum absolute atomic E-state index is 0.103. The number of hydrogen-bond acceptors (Lipinski definition) is 4. The van der Waals surface area contributed by atoms with E-state index in [1.54, 1.807) is 24.3 Å². The van der Waals surface area contributed by atoms with Gasteiger partial charge in [-0.2, -0.15) is 0 Å². The lowest BCUT2D eigenvalue weighted by Crippen LogP contribution is -2.40. The Hall–Kier alpha value is -3.19. The van der Waals surface area contributed by atoms with Gasteiger partial charge in [-0.25, -0.2) is 4.79 Å². The van der Waals surface area contributed by atoms with E-state index in [1.807, 2.05) is 18.2 Å². The van der Waals surface area contributed by atoms with Crippen LogP contribution in [0.25, 0.3) is 10.9 Å². The van der Waals surface area contributed by atoms with Gasteiger partial charge in [0.05, 0.1) is 16.9 Å². The third-order valence-corrected chi connectivity index (χ3v) is 5.47. The highest BCUT2D eigenvalue weighted by molar-refractivity contribution is 5.81. The predicted octanol–water partition coefficient (Wildman–Crippen LogP) is 1.64. The molecule has 7 nitrogen and oxygen atoms in total. The van der Waals surface area contributed by atoms with Crippen LogP contribution in [0.15, 0.2) is 64.2 Å². The Bertz CT molecular complexity index is 1110. The van der Waals surface area contributed by atoms with Gasteiger partial charge in [0.1, 0.15) is 6.54 Å². The Balaban J connectivity index is 1.52. The smallest absolute Gasteiger partial charge is 0.329 e. The van der Waals surface area contributed by atoms with Crippen molar-refractivity contribution < 1.29 is 4.79 Å². The SMILES string of the molecule is O=C(Cn1c(=O)[nH]c(=O)c2ccccc21)NCC(c1ccccc1)N1CCCC1. The van der Waals surface area contributed by atoms with Crippen LogP contribution in [-0.2, 0) is 11.3 Å². The molecule has 7 heteroatoms. The molecule has 1 aliphatic heterocycles. The van der Waals surface area contributed by atoms with Crippen LogP contribution >= 0.6 is 0 Å². The second-order valence-electron chi connectivity index (χ2n) is 7.34. The first kappa shape index (κ1) is 19.1. The second kappa shape index (κ2) is 8.45. The standard InChI is InChI=1S/C22H24N4O3/c27-20(15-26-18-11-5-4-10-17(18)21(28)24-22(26)29)23-14-19(25-12-6-7-13-25)16-8-2-1-3-9-16/h1-5,8-11,19H,6-7,12-15H2,(H,23,27)(H,24,28,29). The van der Waals surface area contributed by atoms with Gasteiger partial charge in [-0.3, -0.25) is 24.0 Å². The lowest BCUT2D eigenvalue weighted by molar-refractivity contribution is -0.121. The fraction of sp³-hybridized carbons (Fsp3) is 0.318. The summed E-state index contributed by atoms with van der Waals surface area (Å²) in [5.41, 5.74) is 0.598. The molecule has 1 saturated heterocycles. The molecule has 29 heavy (non-hydrogen) atoms. The average molecular weight is 392 g/mol. The molecular formula is C22H24N4O3. The molecule has 1 unspecified atom stereocenters. The van der Waals surface area contributed by atoms with Gasteiger partial charge in [-0.05, 0) is 43.6 Å². The molecule has 1 amide bonds. The maximum atomic E-state index is 12.7. The van der Waals surface area contributed by atoms with E-state index < -0.39 is 11.2 Å². The number of aromatic nitrogens is 2. The van der Waals surface area contributed by atoms with Crippen molar-refractivity contribution in [1.82, 2.24) is 19.8 Å². The third-order valence-electron chi connectivity index (χ3n) is 5.47. The van der Waals surface area contributed by atoms with Crippen molar-refractivity contribution >= 4 is 16.8 Å². The second-order valence-corrected chi connectivity index (χ2v) is 7.34. The van der Waals surface area contributed by atoms with Crippen LogP contribution in [0.3, 0.4) is 0 Å². The highest BCUT2D eigenvalue weighted by Gasteiger charge is 2.24. The van der Waals surface area contributed by atoms with Gasteiger partial charge >= 0.3 is 5.69 Å². The summed E-state index contributed by atoms with van der Waals surface area (Å²) in [7, 11) is 0. The topological polar surface area (TPSA) is 87.2 Å². The van der Waals surface area contributed by atoms with E-state index in [4.69, 9.17) is 0 Å². The molecule has 150 valence electrons. The lowest BCUT2D eigenvalue weighted by atomic mass is 10.1. The van der Waals surface area contributed by atoms with Crippen molar-refractivity contribution in [3.8, 4) is 0 Å². The van der Waals surface area contributed by atoms with E-state index in [9.17, 15) is 14.4 Å². The molecule has 0 bridgehead atoms. The summed E-state index contributed by atoms with van der Waals surface area (Å²) >= 11 is 0. The zero-order valence-corrected chi connectivity index (χ0v) is 16.1. The van der Waals surface area contributed by atoms with Crippen molar-refractivity contribution in [2.75, 3.05) is 19.6 Å². The maximum Gasteiger partial charge on any atom is 0.329 e. The van der Waals surface area contributed by atoms with E-state index in [0.717, 1.165) is 25.9 Å².